The number of aromatic nitrogens is 1. The maximum Gasteiger partial charge on any atom is 0.272 e. The van der Waals surface area contributed by atoms with Gasteiger partial charge in [-0.15, -0.1) is 0 Å². The van der Waals surface area contributed by atoms with Gasteiger partial charge in [-0.05, 0) is 49.4 Å². The molecule has 6 nitrogen and oxygen atoms in total. The van der Waals surface area contributed by atoms with E-state index in [0.717, 1.165) is 18.4 Å². The first-order valence-corrected chi connectivity index (χ1v) is 10.7. The van der Waals surface area contributed by atoms with Gasteiger partial charge in [-0.25, -0.2) is 8.42 Å². The molecule has 0 unspecified atom stereocenters. The molecule has 2 heterocycles. The molecule has 3 rings (SSSR count). The molecule has 1 N–H and O–H groups in total. The normalized spacial score (nSPS) is 18.4. The van der Waals surface area contributed by atoms with Crippen molar-refractivity contribution in [2.24, 2.45) is 13.0 Å². The summed E-state index contributed by atoms with van der Waals surface area (Å²) in [5.41, 5.74) is 1.75. The van der Waals surface area contributed by atoms with Crippen LogP contribution < -0.4 is 5.32 Å². The highest BCUT2D eigenvalue weighted by Crippen LogP contribution is 2.25. The Morgan fingerprint density at radius 2 is 2.04 bits per heavy atom. The molecular formula is C19H24ClN3O3S. The van der Waals surface area contributed by atoms with E-state index in [1.807, 2.05) is 13.0 Å². The number of nitrogens with one attached hydrogen (secondary N) is 1. The zero-order valence-corrected chi connectivity index (χ0v) is 17.3. The number of hydrogen-bond acceptors (Lipinski definition) is 3. The van der Waals surface area contributed by atoms with Crippen LogP contribution in [0.15, 0.2) is 35.4 Å². The van der Waals surface area contributed by atoms with Crippen molar-refractivity contribution in [2.45, 2.75) is 31.6 Å². The number of amides is 1. The van der Waals surface area contributed by atoms with E-state index in [1.165, 1.54) is 21.1 Å². The van der Waals surface area contributed by atoms with Crippen LogP contribution in [-0.4, -0.2) is 36.3 Å². The number of carbonyl (C=O) groups excluding carboxylic acids is 1. The number of piperidine rings is 1. The van der Waals surface area contributed by atoms with Crippen LogP contribution in [0.4, 0.5) is 5.69 Å². The SMILES string of the molecule is Cc1ccc(NC(=O)c2cc(S(=O)(=O)N3CCC[C@@H](C)C3)cn2C)cc1Cl. The Bertz CT molecular complexity index is 969. The van der Waals surface area contributed by atoms with Crippen molar-refractivity contribution in [1.82, 2.24) is 8.87 Å². The van der Waals surface area contributed by atoms with Gasteiger partial charge in [0, 0.05) is 37.0 Å². The summed E-state index contributed by atoms with van der Waals surface area (Å²) in [5.74, 6) is -0.0443. The maximum absolute atomic E-state index is 12.9. The predicted octanol–water partition coefficient (Wildman–Crippen LogP) is 3.66. The highest BCUT2D eigenvalue weighted by molar-refractivity contribution is 7.89. The van der Waals surface area contributed by atoms with Gasteiger partial charge in [0.2, 0.25) is 10.0 Å². The zero-order chi connectivity index (χ0) is 19.8. The average Bonchev–Trinajstić information content (AvgIpc) is 3.01. The van der Waals surface area contributed by atoms with Crippen molar-refractivity contribution in [3.8, 4) is 0 Å². The van der Waals surface area contributed by atoms with Crippen molar-refractivity contribution in [3.05, 3.63) is 46.7 Å². The summed E-state index contributed by atoms with van der Waals surface area (Å²) >= 11 is 6.09. The molecule has 1 atom stereocenters. The van der Waals surface area contributed by atoms with Crippen molar-refractivity contribution in [3.63, 3.8) is 0 Å². The number of nitrogens with zero attached hydrogens (tertiary/aromatic N) is 2. The second-order valence-electron chi connectivity index (χ2n) is 7.20. The fourth-order valence-electron chi connectivity index (χ4n) is 3.28. The molecule has 1 saturated heterocycles. The Balaban J connectivity index is 1.83. The van der Waals surface area contributed by atoms with Crippen molar-refractivity contribution < 1.29 is 13.2 Å². The van der Waals surface area contributed by atoms with Crippen LogP contribution in [0, 0.1) is 12.8 Å². The lowest BCUT2D eigenvalue weighted by Gasteiger charge is -2.29. The molecular weight excluding hydrogens is 386 g/mol. The molecule has 1 amide bonds. The van der Waals surface area contributed by atoms with E-state index >= 15 is 0 Å². The molecule has 146 valence electrons. The van der Waals surface area contributed by atoms with Crippen LogP contribution in [0.25, 0.3) is 0 Å². The highest BCUT2D eigenvalue weighted by atomic mass is 35.5. The van der Waals surface area contributed by atoms with Crippen LogP contribution in [0.2, 0.25) is 5.02 Å². The highest BCUT2D eigenvalue weighted by Gasteiger charge is 2.30. The minimum Gasteiger partial charge on any atom is -0.345 e. The number of aryl methyl sites for hydroxylation is 2. The predicted molar refractivity (Wildman–Crippen MR) is 107 cm³/mol. The van der Waals surface area contributed by atoms with Gasteiger partial charge in [0.1, 0.15) is 10.6 Å². The third kappa shape index (κ3) is 4.20. The van der Waals surface area contributed by atoms with Crippen molar-refractivity contribution in [2.75, 3.05) is 18.4 Å². The lowest BCUT2D eigenvalue weighted by Crippen LogP contribution is -2.38. The van der Waals surface area contributed by atoms with Gasteiger partial charge in [-0.2, -0.15) is 4.31 Å². The Kier molecular flexibility index (Phi) is 5.65. The molecule has 1 aromatic heterocycles. The van der Waals surface area contributed by atoms with Crippen LogP contribution in [0.5, 0.6) is 0 Å². The number of carbonyl (C=O) groups is 1. The van der Waals surface area contributed by atoms with E-state index < -0.39 is 10.0 Å². The summed E-state index contributed by atoms with van der Waals surface area (Å²) in [6.07, 6.45) is 3.38. The number of sulfonamides is 1. The number of benzene rings is 1. The fourth-order valence-corrected chi connectivity index (χ4v) is 5.13. The van der Waals surface area contributed by atoms with Crippen LogP contribution >= 0.6 is 11.6 Å². The third-order valence-electron chi connectivity index (χ3n) is 4.90. The molecule has 8 heteroatoms. The van der Waals surface area contributed by atoms with Crippen LogP contribution in [0.1, 0.15) is 35.8 Å². The molecule has 1 aliphatic heterocycles. The Hall–Kier alpha value is -1.83. The Morgan fingerprint density at radius 3 is 2.70 bits per heavy atom. The Morgan fingerprint density at radius 1 is 1.30 bits per heavy atom. The van der Waals surface area contributed by atoms with Gasteiger partial charge >= 0.3 is 0 Å². The van der Waals surface area contributed by atoms with Gasteiger partial charge in [0.05, 0.1) is 0 Å². The molecule has 0 bridgehead atoms. The van der Waals surface area contributed by atoms with E-state index in [-0.39, 0.29) is 16.5 Å². The minimum atomic E-state index is -3.60. The average molecular weight is 410 g/mol. The number of hydrogen-bond donors (Lipinski definition) is 1. The van der Waals surface area contributed by atoms with E-state index in [1.54, 1.807) is 19.2 Å². The molecule has 0 saturated carbocycles. The lowest BCUT2D eigenvalue weighted by molar-refractivity contribution is 0.101. The molecule has 27 heavy (non-hydrogen) atoms. The summed E-state index contributed by atoms with van der Waals surface area (Å²) in [4.78, 5) is 12.8. The van der Waals surface area contributed by atoms with Gasteiger partial charge < -0.3 is 9.88 Å². The van der Waals surface area contributed by atoms with Crippen molar-refractivity contribution in [1.29, 1.82) is 0 Å². The van der Waals surface area contributed by atoms with Crippen LogP contribution in [0.3, 0.4) is 0 Å². The number of rotatable bonds is 4. The molecule has 1 aromatic carbocycles. The lowest BCUT2D eigenvalue weighted by atomic mass is 10.0. The monoisotopic (exact) mass is 409 g/mol. The first kappa shape index (κ1) is 19.9. The number of anilines is 1. The summed E-state index contributed by atoms with van der Waals surface area (Å²) in [6, 6.07) is 6.68. The summed E-state index contributed by atoms with van der Waals surface area (Å²) in [5, 5.41) is 3.32. The standard InChI is InChI=1S/C19H24ClN3O3S/c1-13-5-4-8-23(11-13)27(25,26)16-10-18(22(3)12-16)19(24)21-15-7-6-14(2)17(20)9-15/h6-7,9-10,12-13H,4-5,8,11H2,1-3H3,(H,21,24)/t13-/m1/s1. The summed E-state index contributed by atoms with van der Waals surface area (Å²) in [6.45, 7) is 4.97. The van der Waals surface area contributed by atoms with Gasteiger partial charge in [0.15, 0.2) is 0 Å². The summed E-state index contributed by atoms with van der Waals surface area (Å²) < 4.78 is 28.9. The van der Waals surface area contributed by atoms with Crippen LogP contribution in [-0.2, 0) is 17.1 Å². The van der Waals surface area contributed by atoms with Crippen molar-refractivity contribution >= 4 is 33.2 Å². The Labute approximate surface area is 165 Å². The maximum atomic E-state index is 12.9. The van der Waals surface area contributed by atoms with E-state index in [0.29, 0.717) is 29.7 Å². The minimum absolute atomic E-state index is 0.145. The molecule has 0 radical (unpaired) electrons. The van der Waals surface area contributed by atoms with E-state index in [4.69, 9.17) is 11.6 Å². The van der Waals surface area contributed by atoms with Gasteiger partial charge in [-0.3, -0.25) is 4.79 Å². The van der Waals surface area contributed by atoms with E-state index in [2.05, 4.69) is 12.2 Å². The smallest absolute Gasteiger partial charge is 0.272 e. The van der Waals surface area contributed by atoms with Gasteiger partial charge in [-0.1, -0.05) is 24.6 Å². The largest absolute Gasteiger partial charge is 0.345 e. The fraction of sp³-hybridized carbons (Fsp3) is 0.421. The number of halogens is 1. The van der Waals surface area contributed by atoms with E-state index in [9.17, 15) is 13.2 Å². The molecule has 1 fully saturated rings. The molecule has 1 aliphatic rings. The van der Waals surface area contributed by atoms with Gasteiger partial charge in [0.25, 0.3) is 5.91 Å². The second-order valence-corrected chi connectivity index (χ2v) is 9.55. The first-order valence-electron chi connectivity index (χ1n) is 8.92. The third-order valence-corrected chi connectivity index (χ3v) is 7.14. The summed E-state index contributed by atoms with van der Waals surface area (Å²) in [7, 11) is -1.94. The second kappa shape index (κ2) is 7.66. The zero-order valence-electron chi connectivity index (χ0n) is 15.7. The first-order chi connectivity index (χ1) is 12.7. The topological polar surface area (TPSA) is 71.4 Å². The molecule has 0 aliphatic carbocycles. The quantitative estimate of drug-likeness (QED) is 0.837. The molecule has 2 aromatic rings. The molecule has 0 spiro atoms.